The van der Waals surface area contributed by atoms with Crippen LogP contribution in [0, 0.1) is 23.2 Å². The first-order valence-electron chi connectivity index (χ1n) is 11.9. The van der Waals surface area contributed by atoms with E-state index in [1.54, 1.807) is 22.7 Å². The molecular formula is C26H28N2OS2. The van der Waals surface area contributed by atoms with E-state index in [0.29, 0.717) is 11.5 Å². The maximum Gasteiger partial charge on any atom is 0.181 e. The lowest BCUT2D eigenvalue weighted by molar-refractivity contribution is -0.0350. The average Bonchev–Trinajstić information content (AvgIpc) is 3.39. The molecule has 8 rings (SSSR count). The van der Waals surface area contributed by atoms with E-state index < -0.39 is 0 Å². The van der Waals surface area contributed by atoms with Gasteiger partial charge >= 0.3 is 0 Å². The molecule has 3 heterocycles. The van der Waals surface area contributed by atoms with Crippen molar-refractivity contribution < 1.29 is 4.79 Å². The summed E-state index contributed by atoms with van der Waals surface area (Å²) in [6, 6.07) is 4.32. The molecule has 4 saturated carbocycles. The van der Waals surface area contributed by atoms with Gasteiger partial charge in [0.15, 0.2) is 5.78 Å². The number of fused-ring (bicyclic) bond motifs is 2. The topological polar surface area (TPSA) is 56.0 Å². The van der Waals surface area contributed by atoms with E-state index in [0.717, 1.165) is 65.0 Å². The number of carbonyl (C=O) groups excluding carboxylic acids is 1. The molecule has 0 spiro atoms. The average molecular weight is 449 g/mol. The number of Topliss-reactive ketones (excluding diaryl/α,β-unsaturated/α-hetero) is 1. The van der Waals surface area contributed by atoms with Crippen molar-refractivity contribution in [3.8, 4) is 10.4 Å². The molecule has 4 bridgehead atoms. The van der Waals surface area contributed by atoms with Crippen molar-refractivity contribution in [1.29, 1.82) is 0 Å². The molecule has 3 nitrogen and oxygen atoms in total. The van der Waals surface area contributed by atoms with Gasteiger partial charge in [0, 0.05) is 26.9 Å². The van der Waals surface area contributed by atoms with Gasteiger partial charge in [0.05, 0.1) is 10.6 Å². The number of ketones is 1. The Hall–Kier alpha value is -1.72. The summed E-state index contributed by atoms with van der Waals surface area (Å²) in [4.78, 5) is 22.3. The van der Waals surface area contributed by atoms with Crippen molar-refractivity contribution in [2.45, 2.75) is 64.2 Å². The summed E-state index contributed by atoms with van der Waals surface area (Å²) in [6.07, 6.45) is 11.9. The third-order valence-corrected chi connectivity index (χ3v) is 10.6. The van der Waals surface area contributed by atoms with Gasteiger partial charge in [-0.1, -0.05) is 6.07 Å². The number of hydrogen-bond acceptors (Lipinski definition) is 5. The molecule has 0 aliphatic heterocycles. The lowest BCUT2D eigenvalue weighted by Crippen LogP contribution is -2.49. The molecule has 3 aromatic heterocycles. The highest BCUT2D eigenvalue weighted by Crippen LogP contribution is 2.62. The summed E-state index contributed by atoms with van der Waals surface area (Å²) >= 11 is 3.36. The molecule has 0 unspecified atom stereocenters. The fourth-order valence-corrected chi connectivity index (χ4v) is 9.79. The smallest absolute Gasteiger partial charge is 0.181 e. The van der Waals surface area contributed by atoms with Crippen LogP contribution in [0.3, 0.4) is 0 Å². The summed E-state index contributed by atoms with van der Waals surface area (Å²) < 4.78 is 0. The van der Waals surface area contributed by atoms with Crippen molar-refractivity contribution in [1.82, 2.24) is 4.98 Å². The maximum absolute atomic E-state index is 14.1. The first-order valence-corrected chi connectivity index (χ1v) is 13.6. The van der Waals surface area contributed by atoms with Crippen LogP contribution in [-0.2, 0) is 12.8 Å². The molecule has 5 aliphatic rings. The number of nitrogens with zero attached hydrogens (tertiary/aromatic N) is 1. The third-order valence-electron chi connectivity index (χ3n) is 8.65. The van der Waals surface area contributed by atoms with Crippen LogP contribution in [0.5, 0.6) is 0 Å². The molecule has 3 aromatic rings. The molecule has 31 heavy (non-hydrogen) atoms. The van der Waals surface area contributed by atoms with Gasteiger partial charge in [-0.3, -0.25) is 4.79 Å². The number of rotatable bonds is 3. The van der Waals surface area contributed by atoms with Crippen molar-refractivity contribution >= 4 is 44.4 Å². The number of carbonyl (C=O) groups is 1. The largest absolute Gasteiger partial charge is 0.397 e. The number of nitrogen functional groups attached to an aromatic ring is 1. The van der Waals surface area contributed by atoms with E-state index in [1.807, 2.05) is 0 Å². The van der Waals surface area contributed by atoms with Gasteiger partial charge in [-0.15, -0.1) is 22.7 Å². The van der Waals surface area contributed by atoms with Gasteiger partial charge in [-0.2, -0.15) is 0 Å². The van der Waals surface area contributed by atoms with Crippen LogP contribution in [-0.4, -0.2) is 10.8 Å². The molecule has 160 valence electrons. The molecule has 0 saturated heterocycles. The first-order chi connectivity index (χ1) is 15.1. The van der Waals surface area contributed by atoms with E-state index in [1.165, 1.54) is 53.8 Å². The van der Waals surface area contributed by atoms with E-state index in [9.17, 15) is 4.79 Å². The quantitative estimate of drug-likeness (QED) is 0.444. The van der Waals surface area contributed by atoms with Crippen LogP contribution in [0.4, 0.5) is 5.69 Å². The van der Waals surface area contributed by atoms with Gasteiger partial charge < -0.3 is 5.73 Å². The molecule has 4 fully saturated rings. The summed E-state index contributed by atoms with van der Waals surface area (Å²) in [6.45, 7) is 0. The molecule has 0 radical (unpaired) electrons. The zero-order chi connectivity index (χ0) is 20.7. The molecule has 5 aliphatic carbocycles. The van der Waals surface area contributed by atoms with E-state index >= 15 is 0 Å². The zero-order valence-corrected chi connectivity index (χ0v) is 19.4. The standard InChI is InChI=1S/C26H28N2OS2/c27-22-21-20(19-6-3-7-30-19)17-4-1-2-5-18(17)28-25(21)31-23(22)24(29)26-11-14-8-15(12-26)10-16(9-14)13-26/h3,6-7,14-16H,1-2,4-5,8-13,27H2. The Kier molecular flexibility index (Phi) is 4.03. The Bertz CT molecular complexity index is 1170. The Balaban J connectivity index is 1.41. The molecule has 2 N–H and O–H groups in total. The minimum atomic E-state index is -0.146. The number of hydrogen-bond donors (Lipinski definition) is 1. The zero-order valence-electron chi connectivity index (χ0n) is 17.8. The lowest BCUT2D eigenvalue weighted by Gasteiger charge is -2.55. The van der Waals surface area contributed by atoms with Crippen LogP contribution in [0.15, 0.2) is 17.5 Å². The third kappa shape index (κ3) is 2.69. The fraction of sp³-hybridized carbons (Fsp3) is 0.538. The second kappa shape index (κ2) is 6.64. The summed E-state index contributed by atoms with van der Waals surface area (Å²) in [5, 5.41) is 3.20. The fourth-order valence-electron chi connectivity index (χ4n) is 7.80. The van der Waals surface area contributed by atoms with Crippen molar-refractivity contribution in [2.75, 3.05) is 5.73 Å². The second-order valence-electron chi connectivity index (χ2n) is 10.6. The molecule has 0 aromatic carbocycles. The highest BCUT2D eigenvalue weighted by molar-refractivity contribution is 7.21. The minimum absolute atomic E-state index is 0.146. The summed E-state index contributed by atoms with van der Waals surface area (Å²) in [7, 11) is 0. The van der Waals surface area contributed by atoms with E-state index in [-0.39, 0.29) is 5.41 Å². The normalized spacial score (nSPS) is 31.3. The Morgan fingerprint density at radius 2 is 1.77 bits per heavy atom. The van der Waals surface area contributed by atoms with Crippen LogP contribution in [0.25, 0.3) is 20.7 Å². The van der Waals surface area contributed by atoms with Gasteiger partial charge in [0.2, 0.25) is 0 Å². The van der Waals surface area contributed by atoms with Crippen molar-refractivity contribution in [3.05, 3.63) is 33.6 Å². The number of nitrogens with two attached hydrogens (primary N) is 1. The highest BCUT2D eigenvalue weighted by atomic mass is 32.1. The van der Waals surface area contributed by atoms with Crippen molar-refractivity contribution in [3.63, 3.8) is 0 Å². The Morgan fingerprint density at radius 1 is 1.06 bits per heavy atom. The monoisotopic (exact) mass is 448 g/mol. The SMILES string of the molecule is Nc1c(C(=O)C23CC4CC(CC(C4)C2)C3)sc2nc3c(c(-c4cccs4)c12)CCCC3. The number of thiophene rings is 2. The Labute approximate surface area is 191 Å². The van der Waals surface area contributed by atoms with Crippen LogP contribution in [0.2, 0.25) is 0 Å². The van der Waals surface area contributed by atoms with Gasteiger partial charge in [0.25, 0.3) is 0 Å². The highest BCUT2D eigenvalue weighted by Gasteiger charge is 2.55. The number of aromatic nitrogens is 1. The predicted molar refractivity (Wildman–Crippen MR) is 129 cm³/mol. The van der Waals surface area contributed by atoms with Gasteiger partial charge in [0.1, 0.15) is 4.83 Å². The van der Waals surface area contributed by atoms with Crippen LogP contribution in [0.1, 0.15) is 72.3 Å². The summed E-state index contributed by atoms with van der Waals surface area (Å²) in [5.74, 6) is 2.64. The van der Waals surface area contributed by atoms with E-state index in [4.69, 9.17) is 10.7 Å². The lowest BCUT2D eigenvalue weighted by atomic mass is 9.48. The maximum atomic E-state index is 14.1. The van der Waals surface area contributed by atoms with Crippen molar-refractivity contribution in [2.24, 2.45) is 23.2 Å². The molecular weight excluding hydrogens is 420 g/mol. The van der Waals surface area contributed by atoms with E-state index in [2.05, 4.69) is 17.5 Å². The van der Waals surface area contributed by atoms with Gasteiger partial charge in [-0.05, 0) is 99.0 Å². The number of anilines is 1. The van der Waals surface area contributed by atoms with Gasteiger partial charge in [-0.25, -0.2) is 4.98 Å². The van der Waals surface area contributed by atoms with Crippen LogP contribution >= 0.6 is 22.7 Å². The molecule has 0 amide bonds. The molecule has 0 atom stereocenters. The first kappa shape index (κ1) is 18.8. The minimum Gasteiger partial charge on any atom is -0.397 e. The second-order valence-corrected chi connectivity index (χ2v) is 12.6. The number of pyridine rings is 1. The predicted octanol–water partition coefficient (Wildman–Crippen LogP) is 6.88. The van der Waals surface area contributed by atoms with Crippen LogP contribution < -0.4 is 5.73 Å². The summed E-state index contributed by atoms with van der Waals surface area (Å²) in [5.41, 5.74) is 11.3. The Morgan fingerprint density at radius 3 is 2.45 bits per heavy atom. The molecule has 5 heteroatoms. The number of aryl methyl sites for hydroxylation is 1.